The van der Waals surface area contributed by atoms with Gasteiger partial charge in [0.15, 0.2) is 0 Å². The molecular formula is C29H25Cl2NO5S. The minimum absolute atomic E-state index is 0.0459. The molecule has 1 N–H and O–H groups in total. The summed E-state index contributed by atoms with van der Waals surface area (Å²) in [5, 5.41) is 11.9. The summed E-state index contributed by atoms with van der Waals surface area (Å²) in [7, 11) is 0. The number of thioether (sulfide) groups is 1. The Morgan fingerprint density at radius 2 is 1.79 bits per heavy atom. The highest BCUT2D eigenvalue weighted by Crippen LogP contribution is 2.40. The van der Waals surface area contributed by atoms with E-state index in [4.69, 9.17) is 32.4 Å². The van der Waals surface area contributed by atoms with Crippen LogP contribution in [0.25, 0.3) is 17.4 Å². The van der Waals surface area contributed by atoms with Crippen LogP contribution in [0.1, 0.15) is 49.4 Å². The van der Waals surface area contributed by atoms with Crippen LogP contribution in [-0.4, -0.2) is 28.6 Å². The van der Waals surface area contributed by atoms with Crippen LogP contribution in [0.2, 0.25) is 10.0 Å². The van der Waals surface area contributed by atoms with E-state index in [1.54, 1.807) is 55.5 Å². The molecule has 2 aromatic carbocycles. The molecule has 196 valence electrons. The predicted octanol–water partition coefficient (Wildman–Crippen LogP) is 8.25. The molecule has 0 spiro atoms. The number of esters is 1. The number of carbonyl (C=O) groups excluding carboxylic acids is 2. The minimum atomic E-state index is -0.774. The number of ether oxygens (including phenoxy) is 1. The normalized spacial score (nSPS) is 15.9. The summed E-state index contributed by atoms with van der Waals surface area (Å²) in [5.74, 6) is -0.761. The van der Waals surface area contributed by atoms with E-state index in [0.29, 0.717) is 32.7 Å². The highest BCUT2D eigenvalue weighted by atomic mass is 35.5. The fourth-order valence-electron chi connectivity index (χ4n) is 3.66. The van der Waals surface area contributed by atoms with Crippen molar-refractivity contribution in [2.45, 2.75) is 33.1 Å². The van der Waals surface area contributed by atoms with Crippen molar-refractivity contribution >= 4 is 58.0 Å². The lowest BCUT2D eigenvalue weighted by Gasteiger charge is -2.18. The highest BCUT2D eigenvalue weighted by molar-refractivity contribution is 8.18. The van der Waals surface area contributed by atoms with Crippen LogP contribution in [0.5, 0.6) is 0 Å². The monoisotopic (exact) mass is 569 g/mol. The Hall–Kier alpha value is -3.26. The first-order chi connectivity index (χ1) is 18.0. The Kier molecular flexibility index (Phi) is 8.21. The zero-order valence-electron chi connectivity index (χ0n) is 21.2. The van der Waals surface area contributed by atoms with Crippen LogP contribution in [0.15, 0.2) is 80.2 Å². The van der Waals surface area contributed by atoms with Crippen LogP contribution in [-0.2, 0) is 14.9 Å². The fourth-order valence-corrected chi connectivity index (χ4v) is 5.15. The molecule has 6 nitrogen and oxygen atoms in total. The Balaban J connectivity index is 1.66. The van der Waals surface area contributed by atoms with Crippen LogP contribution in [0.3, 0.4) is 0 Å². The molecule has 3 aromatic rings. The van der Waals surface area contributed by atoms with Crippen LogP contribution in [0.4, 0.5) is 0 Å². The smallest absolute Gasteiger partial charge is 0.344 e. The van der Waals surface area contributed by atoms with Gasteiger partial charge in [0, 0.05) is 16.1 Å². The largest absolute Gasteiger partial charge is 0.506 e. The van der Waals surface area contributed by atoms with E-state index in [1.807, 2.05) is 12.1 Å². The molecule has 0 radical (unpaired) electrons. The maximum Gasteiger partial charge on any atom is 0.344 e. The summed E-state index contributed by atoms with van der Waals surface area (Å²) in [6, 6.07) is 15.6. The maximum atomic E-state index is 13.0. The first-order valence-electron chi connectivity index (χ1n) is 11.8. The third-order valence-electron chi connectivity index (χ3n) is 5.67. The lowest BCUT2D eigenvalue weighted by molar-refractivity contribution is -0.138. The second kappa shape index (κ2) is 11.2. The summed E-state index contributed by atoms with van der Waals surface area (Å²) >= 11 is 13.2. The van der Waals surface area contributed by atoms with Crippen LogP contribution >= 0.6 is 35.0 Å². The number of nitrogens with zero attached hydrogens (tertiary/aromatic N) is 1. The molecule has 0 unspecified atom stereocenters. The van der Waals surface area contributed by atoms with Gasteiger partial charge in [-0.1, -0.05) is 67.9 Å². The molecule has 0 aliphatic carbocycles. The molecule has 0 atom stereocenters. The zero-order valence-corrected chi connectivity index (χ0v) is 23.5. The molecule has 4 rings (SSSR count). The third kappa shape index (κ3) is 6.07. The minimum Gasteiger partial charge on any atom is -0.506 e. The Labute approximate surface area is 235 Å². The Bertz CT molecular complexity index is 1490. The molecule has 1 aromatic heterocycles. The molecular weight excluding hydrogens is 545 g/mol. The van der Waals surface area contributed by atoms with Gasteiger partial charge in [0.1, 0.15) is 27.9 Å². The van der Waals surface area contributed by atoms with Crippen molar-refractivity contribution in [1.29, 1.82) is 0 Å². The number of carbonyl (C=O) groups is 2. The number of aliphatic hydroxyl groups excluding tert-OH is 1. The van der Waals surface area contributed by atoms with Gasteiger partial charge in [-0.25, -0.2) is 9.79 Å². The topological polar surface area (TPSA) is 89.1 Å². The van der Waals surface area contributed by atoms with Crippen LogP contribution in [0, 0.1) is 0 Å². The summed E-state index contributed by atoms with van der Waals surface area (Å²) in [6.45, 7) is 7.99. The average Bonchev–Trinajstić information content (AvgIpc) is 3.43. The van der Waals surface area contributed by atoms with Gasteiger partial charge in [-0.05, 0) is 66.4 Å². The second-order valence-electron chi connectivity index (χ2n) is 9.43. The van der Waals surface area contributed by atoms with Crippen molar-refractivity contribution in [1.82, 2.24) is 0 Å². The standard InChI is InChI=1S/C29H25Cl2NO5S/c1-5-36-28(35)24-25(33)23(15-19-11-13-22(37-19)20-12-10-18(30)14-21(20)31)38-27(24)32-26(34)16-6-8-17(9-7-16)29(2,3)4/h6-15,33H,5H2,1-4H3/b23-15+,32-27?. The van der Waals surface area contributed by atoms with Gasteiger partial charge in [0.05, 0.1) is 16.5 Å². The Morgan fingerprint density at radius 1 is 1.08 bits per heavy atom. The van der Waals surface area contributed by atoms with Gasteiger partial charge in [-0.15, -0.1) is 0 Å². The van der Waals surface area contributed by atoms with Crippen molar-refractivity contribution in [2.24, 2.45) is 4.99 Å². The average molecular weight is 570 g/mol. The van der Waals surface area contributed by atoms with Gasteiger partial charge < -0.3 is 14.3 Å². The molecule has 38 heavy (non-hydrogen) atoms. The van der Waals surface area contributed by atoms with Gasteiger partial charge in [0.2, 0.25) is 0 Å². The van der Waals surface area contributed by atoms with Crippen molar-refractivity contribution in [2.75, 3.05) is 6.61 Å². The first kappa shape index (κ1) is 27.8. The highest BCUT2D eigenvalue weighted by Gasteiger charge is 2.34. The maximum absolute atomic E-state index is 13.0. The third-order valence-corrected chi connectivity index (χ3v) is 7.24. The first-order valence-corrected chi connectivity index (χ1v) is 13.3. The number of aliphatic hydroxyl groups is 1. The van der Waals surface area contributed by atoms with Crippen molar-refractivity contribution in [3.8, 4) is 11.3 Å². The molecule has 0 bridgehead atoms. The second-order valence-corrected chi connectivity index (χ2v) is 11.3. The number of amides is 1. The number of furan rings is 1. The van der Waals surface area contributed by atoms with Gasteiger partial charge in [-0.2, -0.15) is 0 Å². The van der Waals surface area contributed by atoms with Crippen LogP contribution < -0.4 is 0 Å². The Morgan fingerprint density at radius 3 is 2.42 bits per heavy atom. The van der Waals surface area contributed by atoms with E-state index in [-0.39, 0.29) is 33.3 Å². The molecule has 1 amide bonds. The summed E-state index contributed by atoms with van der Waals surface area (Å²) in [4.78, 5) is 30.1. The fraction of sp³-hybridized carbons (Fsp3) is 0.207. The number of benzene rings is 2. The van der Waals surface area contributed by atoms with E-state index >= 15 is 0 Å². The van der Waals surface area contributed by atoms with Crippen molar-refractivity contribution in [3.05, 3.63) is 97.8 Å². The van der Waals surface area contributed by atoms with Crippen molar-refractivity contribution < 1.29 is 23.8 Å². The number of hydrogen-bond donors (Lipinski definition) is 1. The lowest BCUT2D eigenvalue weighted by Crippen LogP contribution is -2.14. The molecule has 2 heterocycles. The van der Waals surface area contributed by atoms with E-state index < -0.39 is 11.9 Å². The summed E-state index contributed by atoms with van der Waals surface area (Å²) in [6.07, 6.45) is 1.55. The van der Waals surface area contributed by atoms with E-state index in [9.17, 15) is 14.7 Å². The summed E-state index contributed by atoms with van der Waals surface area (Å²) in [5.41, 5.74) is 1.85. The van der Waals surface area contributed by atoms with Gasteiger partial charge in [0.25, 0.3) is 5.91 Å². The van der Waals surface area contributed by atoms with E-state index in [2.05, 4.69) is 25.8 Å². The van der Waals surface area contributed by atoms with E-state index in [0.717, 1.165) is 17.3 Å². The molecule has 0 saturated heterocycles. The number of hydrogen-bond acceptors (Lipinski definition) is 6. The number of aliphatic imine (C=N–C) groups is 1. The number of halogens is 2. The van der Waals surface area contributed by atoms with Gasteiger partial charge in [-0.3, -0.25) is 4.79 Å². The molecule has 1 aliphatic heterocycles. The molecule has 9 heteroatoms. The molecule has 0 saturated carbocycles. The quantitative estimate of drug-likeness (QED) is 0.311. The van der Waals surface area contributed by atoms with E-state index in [1.165, 1.54) is 0 Å². The molecule has 0 fully saturated rings. The zero-order chi connectivity index (χ0) is 27.6. The molecule has 1 aliphatic rings. The lowest BCUT2D eigenvalue weighted by atomic mass is 9.87. The predicted molar refractivity (Wildman–Crippen MR) is 153 cm³/mol. The van der Waals surface area contributed by atoms with Crippen molar-refractivity contribution in [3.63, 3.8) is 0 Å². The number of rotatable bonds is 5. The van der Waals surface area contributed by atoms with Gasteiger partial charge >= 0.3 is 5.97 Å². The summed E-state index contributed by atoms with van der Waals surface area (Å²) < 4.78 is 11.0. The SMILES string of the molecule is CCOC(=O)C1=C(O)/C(=C\c2ccc(-c3ccc(Cl)cc3Cl)o2)SC1=NC(=O)c1ccc(C(C)(C)C)cc1.